The summed E-state index contributed by atoms with van der Waals surface area (Å²) in [6.07, 6.45) is 0.582. The zero-order valence-corrected chi connectivity index (χ0v) is 12.4. The molecule has 22 heavy (non-hydrogen) atoms. The van der Waals surface area contributed by atoms with Crippen LogP contribution < -0.4 is 10.2 Å². The Hall–Kier alpha value is -2.34. The number of hydrogen-bond acceptors (Lipinski definition) is 4. The second-order valence-corrected chi connectivity index (χ2v) is 5.96. The van der Waals surface area contributed by atoms with E-state index >= 15 is 0 Å². The van der Waals surface area contributed by atoms with Crippen molar-refractivity contribution in [2.45, 2.75) is 23.8 Å². The summed E-state index contributed by atoms with van der Waals surface area (Å²) in [6, 6.07) is 8.46. The highest BCUT2D eigenvalue weighted by atomic mass is 32.1. The van der Waals surface area contributed by atoms with Crippen molar-refractivity contribution >= 4 is 46.8 Å². The maximum absolute atomic E-state index is 12.8. The normalized spacial score (nSPS) is 20.7. The van der Waals surface area contributed by atoms with Gasteiger partial charge in [0.2, 0.25) is 11.8 Å². The third-order valence-corrected chi connectivity index (χ3v) is 4.62. The van der Waals surface area contributed by atoms with E-state index in [9.17, 15) is 14.4 Å². The van der Waals surface area contributed by atoms with Crippen LogP contribution in [-0.4, -0.2) is 23.8 Å². The van der Waals surface area contributed by atoms with Crippen molar-refractivity contribution in [2.24, 2.45) is 0 Å². The number of carbonyl (C=O) groups excluding carboxylic acids is 3. The molecule has 2 aromatic rings. The lowest BCUT2D eigenvalue weighted by Crippen LogP contribution is -2.53. The van der Waals surface area contributed by atoms with Crippen molar-refractivity contribution in [3.63, 3.8) is 0 Å². The van der Waals surface area contributed by atoms with E-state index in [0.717, 1.165) is 15.7 Å². The molecule has 1 saturated heterocycles. The Balaban J connectivity index is 1.89. The topological polar surface area (TPSA) is 66.5 Å². The molecule has 5 nitrogen and oxygen atoms in total. The third-order valence-electron chi connectivity index (χ3n) is 4.23. The van der Waals surface area contributed by atoms with Crippen LogP contribution in [0.1, 0.15) is 23.2 Å². The first-order valence-corrected chi connectivity index (χ1v) is 7.44. The number of anilines is 1. The highest BCUT2D eigenvalue weighted by Gasteiger charge is 2.40. The SMILES string of the molecule is O=C1CCC(N2C(=O)c3ccc(S)c4cccc2c34)C(=O)N1. The molecular formula is C16H12N2O3S. The van der Waals surface area contributed by atoms with Crippen molar-refractivity contribution in [1.29, 1.82) is 0 Å². The Bertz CT molecular complexity index is 862. The lowest BCUT2D eigenvalue weighted by molar-refractivity contribution is -0.134. The molecule has 0 spiro atoms. The molecule has 6 heteroatoms. The van der Waals surface area contributed by atoms with Crippen molar-refractivity contribution < 1.29 is 14.4 Å². The zero-order valence-electron chi connectivity index (χ0n) is 11.5. The number of benzene rings is 2. The summed E-state index contributed by atoms with van der Waals surface area (Å²) >= 11 is 4.43. The highest BCUT2D eigenvalue weighted by Crippen LogP contribution is 2.41. The molecule has 2 heterocycles. The molecule has 2 aromatic carbocycles. The van der Waals surface area contributed by atoms with Gasteiger partial charge < -0.3 is 0 Å². The van der Waals surface area contributed by atoms with Crippen LogP contribution in [0.15, 0.2) is 35.2 Å². The maximum Gasteiger partial charge on any atom is 0.259 e. The first-order valence-electron chi connectivity index (χ1n) is 7.00. The molecule has 0 aliphatic carbocycles. The molecule has 1 atom stereocenters. The van der Waals surface area contributed by atoms with E-state index in [2.05, 4.69) is 17.9 Å². The number of piperidine rings is 1. The summed E-state index contributed by atoms with van der Waals surface area (Å²) in [5.74, 6) is -0.907. The van der Waals surface area contributed by atoms with Gasteiger partial charge in [-0.15, -0.1) is 12.6 Å². The van der Waals surface area contributed by atoms with Crippen LogP contribution in [0.3, 0.4) is 0 Å². The number of amides is 3. The van der Waals surface area contributed by atoms with Crippen LogP contribution >= 0.6 is 12.6 Å². The van der Waals surface area contributed by atoms with Gasteiger partial charge >= 0.3 is 0 Å². The number of thiol groups is 1. The standard InChI is InChI=1S/C16H12N2O3S/c19-13-7-5-11(15(20)17-13)18-10-3-1-2-8-12(22)6-4-9(14(8)10)16(18)21/h1-4,6,11,22H,5,7H2,(H,17,19,20). The average Bonchev–Trinajstić information content (AvgIpc) is 2.77. The Kier molecular flexibility index (Phi) is 2.77. The van der Waals surface area contributed by atoms with Crippen molar-refractivity contribution in [3.8, 4) is 0 Å². The monoisotopic (exact) mass is 312 g/mol. The predicted molar refractivity (Wildman–Crippen MR) is 84.2 cm³/mol. The van der Waals surface area contributed by atoms with Gasteiger partial charge in [-0.25, -0.2) is 0 Å². The molecule has 0 bridgehead atoms. The summed E-state index contributed by atoms with van der Waals surface area (Å²) in [6.45, 7) is 0. The molecule has 0 saturated carbocycles. The second-order valence-electron chi connectivity index (χ2n) is 5.47. The van der Waals surface area contributed by atoms with Crippen LogP contribution in [0.5, 0.6) is 0 Å². The first-order chi connectivity index (χ1) is 10.6. The lowest BCUT2D eigenvalue weighted by atomic mass is 10.0. The molecule has 110 valence electrons. The minimum atomic E-state index is -0.647. The summed E-state index contributed by atoms with van der Waals surface area (Å²) in [5, 5.41) is 4.02. The van der Waals surface area contributed by atoms with Crippen LogP contribution in [0.25, 0.3) is 10.8 Å². The zero-order chi connectivity index (χ0) is 15.4. The molecule has 3 amide bonds. The van der Waals surface area contributed by atoms with E-state index in [0.29, 0.717) is 17.7 Å². The molecule has 0 aromatic heterocycles. The van der Waals surface area contributed by atoms with Crippen LogP contribution in [0, 0.1) is 0 Å². The number of nitrogens with one attached hydrogen (secondary N) is 1. The van der Waals surface area contributed by atoms with Gasteiger partial charge in [-0.05, 0) is 30.0 Å². The van der Waals surface area contributed by atoms with E-state index in [1.54, 1.807) is 12.1 Å². The molecule has 4 rings (SSSR count). The second kappa shape index (κ2) is 4.58. The van der Waals surface area contributed by atoms with Gasteiger partial charge in [0.05, 0.1) is 5.69 Å². The smallest absolute Gasteiger partial charge is 0.259 e. The van der Waals surface area contributed by atoms with Gasteiger partial charge in [-0.2, -0.15) is 0 Å². The number of nitrogens with zero attached hydrogens (tertiary/aromatic N) is 1. The number of hydrogen-bond donors (Lipinski definition) is 2. The van der Waals surface area contributed by atoms with Crippen LogP contribution in [0.4, 0.5) is 5.69 Å². The van der Waals surface area contributed by atoms with Crippen molar-refractivity contribution in [1.82, 2.24) is 5.32 Å². The van der Waals surface area contributed by atoms with Crippen LogP contribution in [0.2, 0.25) is 0 Å². The molecule has 0 radical (unpaired) electrons. The Labute approximate surface area is 131 Å². The average molecular weight is 312 g/mol. The summed E-state index contributed by atoms with van der Waals surface area (Å²) in [5.41, 5.74) is 1.29. The molecule has 2 aliphatic rings. The third kappa shape index (κ3) is 1.70. The van der Waals surface area contributed by atoms with E-state index in [-0.39, 0.29) is 18.2 Å². The van der Waals surface area contributed by atoms with Gasteiger partial charge in [-0.1, -0.05) is 12.1 Å². The summed E-state index contributed by atoms with van der Waals surface area (Å²) < 4.78 is 0. The van der Waals surface area contributed by atoms with E-state index < -0.39 is 11.9 Å². The largest absolute Gasteiger partial charge is 0.295 e. The predicted octanol–water partition coefficient (Wildman–Crippen LogP) is 1.89. The fourth-order valence-corrected chi connectivity index (χ4v) is 3.49. The van der Waals surface area contributed by atoms with Crippen molar-refractivity contribution in [3.05, 3.63) is 35.9 Å². The van der Waals surface area contributed by atoms with Crippen LogP contribution in [-0.2, 0) is 9.59 Å². The van der Waals surface area contributed by atoms with E-state index in [1.165, 1.54) is 4.90 Å². The first kappa shape index (κ1) is 13.3. The number of imide groups is 1. The Morgan fingerprint density at radius 2 is 1.95 bits per heavy atom. The van der Waals surface area contributed by atoms with Gasteiger partial charge in [-0.3, -0.25) is 24.6 Å². The van der Waals surface area contributed by atoms with E-state index in [4.69, 9.17) is 0 Å². The molecule has 1 N–H and O–H groups in total. The highest BCUT2D eigenvalue weighted by molar-refractivity contribution is 7.80. The molecule has 1 unspecified atom stereocenters. The van der Waals surface area contributed by atoms with Gasteiger partial charge in [0.15, 0.2) is 0 Å². The van der Waals surface area contributed by atoms with Gasteiger partial charge in [0.1, 0.15) is 6.04 Å². The van der Waals surface area contributed by atoms with E-state index in [1.807, 2.05) is 18.2 Å². The van der Waals surface area contributed by atoms with Gasteiger partial charge in [0.25, 0.3) is 5.91 Å². The lowest BCUT2D eigenvalue weighted by Gasteiger charge is -2.30. The summed E-state index contributed by atoms with van der Waals surface area (Å²) in [7, 11) is 0. The molecular weight excluding hydrogens is 300 g/mol. The van der Waals surface area contributed by atoms with Gasteiger partial charge in [0, 0.05) is 22.3 Å². The van der Waals surface area contributed by atoms with Crippen molar-refractivity contribution in [2.75, 3.05) is 4.90 Å². The fraction of sp³-hybridized carbons (Fsp3) is 0.188. The molecule has 1 fully saturated rings. The molecule has 2 aliphatic heterocycles. The minimum absolute atomic E-state index is 0.200. The Morgan fingerprint density at radius 3 is 2.73 bits per heavy atom. The number of rotatable bonds is 1. The minimum Gasteiger partial charge on any atom is -0.295 e. The quantitative estimate of drug-likeness (QED) is 0.624. The Morgan fingerprint density at radius 1 is 1.14 bits per heavy atom. The number of carbonyl (C=O) groups is 3. The fourth-order valence-electron chi connectivity index (χ4n) is 3.23. The summed E-state index contributed by atoms with van der Waals surface area (Å²) in [4.78, 5) is 38.5. The maximum atomic E-state index is 12.8.